The van der Waals surface area contributed by atoms with E-state index in [4.69, 9.17) is 4.74 Å². The van der Waals surface area contributed by atoms with Crippen molar-refractivity contribution in [1.29, 1.82) is 0 Å². The highest BCUT2D eigenvalue weighted by Crippen LogP contribution is 2.10. The van der Waals surface area contributed by atoms with Crippen LogP contribution < -0.4 is 4.74 Å². The predicted molar refractivity (Wildman–Crippen MR) is 51.1 cm³/mol. The van der Waals surface area contributed by atoms with Gasteiger partial charge in [0.15, 0.2) is 0 Å². The quantitative estimate of drug-likeness (QED) is 0.625. The van der Waals surface area contributed by atoms with Crippen LogP contribution >= 0.6 is 0 Å². The van der Waals surface area contributed by atoms with Gasteiger partial charge < -0.3 is 4.74 Å². The summed E-state index contributed by atoms with van der Waals surface area (Å²) in [5.74, 6) is 0.908. The molecule has 0 spiro atoms. The number of hydrogen-bond acceptors (Lipinski definition) is 2. The van der Waals surface area contributed by atoms with E-state index in [2.05, 4.69) is 4.99 Å². The molecule has 2 nitrogen and oxygen atoms in total. The lowest BCUT2D eigenvalue weighted by Gasteiger charge is -2.01. The third-order valence-electron chi connectivity index (χ3n) is 1.47. The van der Waals surface area contributed by atoms with E-state index in [0.29, 0.717) is 6.61 Å². The van der Waals surface area contributed by atoms with Crippen molar-refractivity contribution in [2.45, 2.75) is 6.92 Å². The molecule has 0 saturated carbocycles. The van der Waals surface area contributed by atoms with Crippen LogP contribution in [0.3, 0.4) is 0 Å². The Morgan fingerprint density at radius 2 is 2.00 bits per heavy atom. The predicted octanol–water partition coefficient (Wildman–Crippen LogP) is 2.13. The molecule has 0 aliphatic carbocycles. The van der Waals surface area contributed by atoms with Gasteiger partial charge >= 0.3 is 0 Å². The van der Waals surface area contributed by atoms with Crippen LogP contribution in [0.5, 0.6) is 5.75 Å². The fourth-order valence-electron chi connectivity index (χ4n) is 0.966. The van der Waals surface area contributed by atoms with E-state index in [0.717, 1.165) is 11.3 Å². The summed E-state index contributed by atoms with van der Waals surface area (Å²) >= 11 is 0. The molecular weight excluding hydrogens is 150 g/mol. The van der Waals surface area contributed by atoms with Crippen molar-refractivity contribution in [2.75, 3.05) is 13.7 Å². The van der Waals surface area contributed by atoms with Crippen LogP contribution in [-0.2, 0) is 0 Å². The highest BCUT2D eigenvalue weighted by molar-refractivity contribution is 5.79. The molecule has 0 amide bonds. The molecule has 0 saturated heterocycles. The van der Waals surface area contributed by atoms with Gasteiger partial charge in [-0.2, -0.15) is 0 Å². The van der Waals surface area contributed by atoms with Crippen molar-refractivity contribution in [3.05, 3.63) is 29.8 Å². The van der Waals surface area contributed by atoms with Crippen LogP contribution in [0.2, 0.25) is 0 Å². The van der Waals surface area contributed by atoms with Gasteiger partial charge in [-0.05, 0) is 36.8 Å². The standard InChI is InChI=1S/C10H13NO/c1-3-12-10-6-4-9(5-7-10)8-11-2/h4-8H,3H2,1-2H3/b11-8+. The van der Waals surface area contributed by atoms with Gasteiger partial charge in [-0.15, -0.1) is 0 Å². The average Bonchev–Trinajstić information content (AvgIpc) is 2.09. The van der Waals surface area contributed by atoms with E-state index >= 15 is 0 Å². The van der Waals surface area contributed by atoms with Gasteiger partial charge in [0.25, 0.3) is 0 Å². The van der Waals surface area contributed by atoms with E-state index in [1.54, 1.807) is 7.05 Å². The molecule has 1 aromatic rings. The summed E-state index contributed by atoms with van der Waals surface area (Å²) < 4.78 is 5.29. The number of aliphatic imine (C=N–C) groups is 1. The summed E-state index contributed by atoms with van der Waals surface area (Å²) in [7, 11) is 1.76. The first-order chi connectivity index (χ1) is 5.86. The molecule has 0 aromatic heterocycles. The largest absolute Gasteiger partial charge is 0.494 e. The van der Waals surface area contributed by atoms with Gasteiger partial charge in [-0.25, -0.2) is 0 Å². The second-order valence-electron chi connectivity index (χ2n) is 2.39. The SMILES string of the molecule is CCOc1ccc(/C=N/C)cc1. The van der Waals surface area contributed by atoms with Gasteiger partial charge in [0.1, 0.15) is 5.75 Å². The van der Waals surface area contributed by atoms with Crippen LogP contribution in [0.1, 0.15) is 12.5 Å². The second kappa shape index (κ2) is 4.54. The summed E-state index contributed by atoms with van der Waals surface area (Å²) in [4.78, 5) is 3.92. The van der Waals surface area contributed by atoms with Crippen LogP contribution in [0.25, 0.3) is 0 Å². The maximum atomic E-state index is 5.29. The summed E-state index contributed by atoms with van der Waals surface area (Å²) in [6, 6.07) is 7.86. The van der Waals surface area contributed by atoms with E-state index in [9.17, 15) is 0 Å². The normalized spacial score (nSPS) is 10.5. The summed E-state index contributed by atoms with van der Waals surface area (Å²) in [5.41, 5.74) is 1.10. The van der Waals surface area contributed by atoms with Gasteiger partial charge in [0.2, 0.25) is 0 Å². The minimum absolute atomic E-state index is 0.710. The number of benzene rings is 1. The van der Waals surface area contributed by atoms with Crippen LogP contribution in [-0.4, -0.2) is 19.9 Å². The average molecular weight is 163 g/mol. The molecule has 12 heavy (non-hydrogen) atoms. The van der Waals surface area contributed by atoms with Crippen molar-refractivity contribution in [2.24, 2.45) is 4.99 Å². The number of hydrogen-bond donors (Lipinski definition) is 0. The Hall–Kier alpha value is -1.31. The maximum Gasteiger partial charge on any atom is 0.119 e. The Bertz CT molecular complexity index is 251. The minimum atomic E-state index is 0.710. The molecule has 0 aliphatic rings. The molecule has 0 N–H and O–H groups in total. The lowest BCUT2D eigenvalue weighted by molar-refractivity contribution is 0.340. The van der Waals surface area contributed by atoms with E-state index in [-0.39, 0.29) is 0 Å². The van der Waals surface area contributed by atoms with E-state index in [1.165, 1.54) is 0 Å². The van der Waals surface area contributed by atoms with E-state index < -0.39 is 0 Å². The zero-order valence-electron chi connectivity index (χ0n) is 7.45. The minimum Gasteiger partial charge on any atom is -0.494 e. The lowest BCUT2D eigenvalue weighted by Crippen LogP contribution is -1.91. The summed E-state index contributed by atoms with van der Waals surface area (Å²) in [5, 5.41) is 0. The third-order valence-corrected chi connectivity index (χ3v) is 1.47. The molecule has 0 fully saturated rings. The van der Waals surface area contributed by atoms with Gasteiger partial charge in [-0.1, -0.05) is 0 Å². The molecule has 0 atom stereocenters. The molecule has 64 valence electrons. The maximum absolute atomic E-state index is 5.29. The number of rotatable bonds is 3. The Labute approximate surface area is 72.9 Å². The molecule has 0 heterocycles. The number of nitrogens with zero attached hydrogens (tertiary/aromatic N) is 1. The fraction of sp³-hybridized carbons (Fsp3) is 0.300. The first-order valence-electron chi connectivity index (χ1n) is 4.02. The zero-order chi connectivity index (χ0) is 8.81. The molecule has 2 heteroatoms. The van der Waals surface area contributed by atoms with Crippen molar-refractivity contribution in [3.8, 4) is 5.75 Å². The molecule has 0 aliphatic heterocycles. The Kier molecular flexibility index (Phi) is 3.33. The molecule has 0 unspecified atom stereocenters. The lowest BCUT2D eigenvalue weighted by atomic mass is 10.2. The molecule has 0 bridgehead atoms. The molecule has 1 rings (SSSR count). The molecule has 1 aromatic carbocycles. The third kappa shape index (κ3) is 2.38. The smallest absolute Gasteiger partial charge is 0.119 e. The Morgan fingerprint density at radius 1 is 1.33 bits per heavy atom. The first kappa shape index (κ1) is 8.78. The highest BCUT2D eigenvalue weighted by Gasteiger charge is 1.90. The van der Waals surface area contributed by atoms with Crippen LogP contribution in [0, 0.1) is 0 Å². The van der Waals surface area contributed by atoms with Crippen molar-refractivity contribution in [1.82, 2.24) is 0 Å². The summed E-state index contributed by atoms with van der Waals surface area (Å²) in [6.45, 7) is 2.68. The highest BCUT2D eigenvalue weighted by atomic mass is 16.5. The Morgan fingerprint density at radius 3 is 2.50 bits per heavy atom. The molecular formula is C10H13NO. The van der Waals surface area contributed by atoms with Crippen molar-refractivity contribution in [3.63, 3.8) is 0 Å². The number of ether oxygens (including phenoxy) is 1. The van der Waals surface area contributed by atoms with Gasteiger partial charge in [0.05, 0.1) is 6.61 Å². The van der Waals surface area contributed by atoms with Crippen LogP contribution in [0.15, 0.2) is 29.3 Å². The van der Waals surface area contributed by atoms with Crippen molar-refractivity contribution >= 4 is 6.21 Å². The fourth-order valence-corrected chi connectivity index (χ4v) is 0.966. The van der Waals surface area contributed by atoms with Crippen molar-refractivity contribution < 1.29 is 4.74 Å². The Balaban J connectivity index is 2.71. The summed E-state index contributed by atoms with van der Waals surface area (Å²) in [6.07, 6.45) is 1.82. The van der Waals surface area contributed by atoms with Gasteiger partial charge in [-0.3, -0.25) is 4.99 Å². The topological polar surface area (TPSA) is 21.6 Å². The monoisotopic (exact) mass is 163 g/mol. The van der Waals surface area contributed by atoms with Gasteiger partial charge in [0, 0.05) is 13.3 Å². The first-order valence-corrected chi connectivity index (χ1v) is 4.02. The second-order valence-corrected chi connectivity index (χ2v) is 2.39. The van der Waals surface area contributed by atoms with E-state index in [1.807, 2.05) is 37.4 Å². The zero-order valence-corrected chi connectivity index (χ0v) is 7.45. The molecule has 0 radical (unpaired) electrons. The van der Waals surface area contributed by atoms with Crippen LogP contribution in [0.4, 0.5) is 0 Å².